The minimum absolute atomic E-state index is 0.0987. The predicted molar refractivity (Wildman–Crippen MR) is 162 cm³/mol. The van der Waals surface area contributed by atoms with Crippen LogP contribution in [0, 0.1) is 0 Å². The van der Waals surface area contributed by atoms with Gasteiger partial charge in [-0.15, -0.1) is 23.5 Å². The summed E-state index contributed by atoms with van der Waals surface area (Å²) in [5, 5.41) is 11.6. The third-order valence-corrected chi connectivity index (χ3v) is 15.1. The molecular formula is C31H47O2PS2. The molecule has 0 unspecified atom stereocenters. The number of benzene rings is 2. The van der Waals surface area contributed by atoms with E-state index in [4.69, 9.17) is 0 Å². The Kier molecular flexibility index (Phi) is 15.2. The quantitative estimate of drug-likeness (QED) is 0.0944. The molecule has 5 heteroatoms. The number of carbonyl (C=O) groups excluding carboxylic acids is 1. The Morgan fingerprint density at radius 2 is 1.11 bits per heavy atom. The maximum Gasteiger partial charge on any atom is 0.0710 e. The number of carboxylic acids is 1. The highest BCUT2D eigenvalue weighted by Gasteiger charge is 2.38. The summed E-state index contributed by atoms with van der Waals surface area (Å²) in [7, 11) is -0.982. The van der Waals surface area contributed by atoms with Gasteiger partial charge in [-0.05, 0) is 69.2 Å². The molecule has 0 bridgehead atoms. The first-order chi connectivity index (χ1) is 17.5. The van der Waals surface area contributed by atoms with E-state index < -0.39 is 13.2 Å². The molecule has 2 nitrogen and oxygen atoms in total. The minimum atomic E-state index is -0.982. The second-order valence-corrected chi connectivity index (χ2v) is 17.7. The molecule has 0 aliphatic carbocycles. The zero-order chi connectivity index (χ0) is 26.1. The summed E-state index contributed by atoms with van der Waals surface area (Å²) in [5.74, 6) is -0.947. The van der Waals surface area contributed by atoms with Crippen molar-refractivity contribution in [3.05, 3.63) is 60.7 Å². The van der Waals surface area contributed by atoms with E-state index in [2.05, 4.69) is 69.3 Å². The van der Waals surface area contributed by atoms with Crippen molar-refractivity contribution in [1.29, 1.82) is 0 Å². The fourth-order valence-electron chi connectivity index (χ4n) is 4.88. The largest absolute Gasteiger partial charge is 0.550 e. The molecule has 0 saturated carbocycles. The minimum Gasteiger partial charge on any atom is -0.550 e. The van der Waals surface area contributed by atoms with Gasteiger partial charge in [0, 0.05) is 23.0 Å². The summed E-state index contributed by atoms with van der Waals surface area (Å²) in [6.07, 6.45) is 16.5. The van der Waals surface area contributed by atoms with Crippen molar-refractivity contribution >= 4 is 36.8 Å². The van der Waals surface area contributed by atoms with Crippen molar-refractivity contribution in [2.24, 2.45) is 0 Å². The summed E-state index contributed by atoms with van der Waals surface area (Å²) < 4.78 is -0.224. The smallest absolute Gasteiger partial charge is 0.0710 e. The highest BCUT2D eigenvalue weighted by atomic mass is 32.2. The van der Waals surface area contributed by atoms with Crippen LogP contribution in [0.25, 0.3) is 0 Å². The molecule has 0 atom stereocenters. The van der Waals surface area contributed by atoms with Crippen molar-refractivity contribution in [3.8, 4) is 0 Å². The molecule has 0 aromatic heterocycles. The molecule has 0 aliphatic heterocycles. The van der Waals surface area contributed by atoms with Crippen molar-refractivity contribution in [1.82, 2.24) is 0 Å². The molecule has 0 saturated heterocycles. The molecule has 0 fully saturated rings. The van der Waals surface area contributed by atoms with E-state index in [-0.39, 0.29) is 10.5 Å². The Labute approximate surface area is 230 Å². The van der Waals surface area contributed by atoms with Crippen LogP contribution in [-0.2, 0) is 4.79 Å². The lowest BCUT2D eigenvalue weighted by molar-refractivity contribution is -0.305. The molecule has 0 heterocycles. The van der Waals surface area contributed by atoms with Crippen molar-refractivity contribution < 1.29 is 9.90 Å². The molecule has 36 heavy (non-hydrogen) atoms. The predicted octanol–water partition coefficient (Wildman–Crippen LogP) is 9.00. The molecule has 2 aromatic rings. The van der Waals surface area contributed by atoms with E-state index in [9.17, 15) is 9.90 Å². The molecule has 2 aromatic carbocycles. The average molecular weight is 547 g/mol. The molecule has 0 spiro atoms. The number of hydrogen-bond acceptors (Lipinski definition) is 4. The summed E-state index contributed by atoms with van der Waals surface area (Å²) in [5.41, 5.74) is 0. The number of rotatable bonds is 20. The third-order valence-electron chi connectivity index (χ3n) is 6.95. The van der Waals surface area contributed by atoms with Crippen LogP contribution in [0.5, 0.6) is 0 Å². The Bertz CT molecular complexity index is 781. The van der Waals surface area contributed by atoms with E-state index in [1.165, 1.54) is 79.4 Å². The van der Waals surface area contributed by atoms with Gasteiger partial charge in [0.15, 0.2) is 0 Å². The molecule has 200 valence electrons. The van der Waals surface area contributed by atoms with Crippen molar-refractivity contribution in [3.63, 3.8) is 0 Å². The Hall–Kier alpha value is -0.960. The van der Waals surface area contributed by atoms with Gasteiger partial charge in [0.2, 0.25) is 0 Å². The van der Waals surface area contributed by atoms with Crippen LogP contribution in [0.2, 0.25) is 0 Å². The van der Waals surface area contributed by atoms with Gasteiger partial charge in [0.1, 0.15) is 0 Å². The molecular weight excluding hydrogens is 499 g/mol. The zero-order valence-corrected chi connectivity index (χ0v) is 25.3. The lowest BCUT2D eigenvalue weighted by atomic mass is 10.1. The monoisotopic (exact) mass is 546 g/mol. The zero-order valence-electron chi connectivity index (χ0n) is 22.8. The van der Waals surface area contributed by atoms with Gasteiger partial charge in [-0.25, -0.2) is 0 Å². The molecule has 0 aliphatic rings. The number of carbonyl (C=O) groups is 1. The van der Waals surface area contributed by atoms with Crippen LogP contribution in [-0.4, -0.2) is 34.7 Å². The van der Waals surface area contributed by atoms with Crippen molar-refractivity contribution in [2.45, 2.75) is 98.8 Å². The lowest BCUT2D eigenvalue weighted by Crippen LogP contribution is -2.28. The fourth-order valence-corrected chi connectivity index (χ4v) is 13.1. The van der Waals surface area contributed by atoms with Gasteiger partial charge in [-0.3, -0.25) is 0 Å². The molecule has 0 radical (unpaired) electrons. The lowest BCUT2D eigenvalue weighted by Gasteiger charge is -2.35. The van der Waals surface area contributed by atoms with Gasteiger partial charge in [-0.2, -0.15) is 0 Å². The van der Waals surface area contributed by atoms with Crippen LogP contribution in [0.4, 0.5) is 0 Å². The fraction of sp³-hybridized carbons (Fsp3) is 0.581. The van der Waals surface area contributed by atoms with Gasteiger partial charge in [-0.1, -0.05) is 76.4 Å². The normalized spacial score (nSPS) is 12.1. The Balaban J connectivity index is 2.31. The number of unbranched alkanes of at least 4 members (excludes halogenated alkanes) is 3. The molecule has 2 rings (SSSR count). The third kappa shape index (κ3) is 11.6. The Morgan fingerprint density at radius 3 is 1.50 bits per heavy atom. The summed E-state index contributed by atoms with van der Waals surface area (Å²) in [6.45, 7) is 6.98. The number of hydrogen-bond donors (Lipinski definition) is 0. The summed E-state index contributed by atoms with van der Waals surface area (Å²) in [4.78, 5) is 14.0. The number of aliphatic carboxylic acids is 1. The second kappa shape index (κ2) is 17.5. The van der Waals surface area contributed by atoms with E-state index in [0.29, 0.717) is 6.42 Å². The first kappa shape index (κ1) is 31.3. The molecule has 0 amide bonds. The summed E-state index contributed by atoms with van der Waals surface area (Å²) in [6, 6.07) is 21.0. The van der Waals surface area contributed by atoms with Crippen LogP contribution >= 0.6 is 30.8 Å². The van der Waals surface area contributed by atoms with Crippen LogP contribution in [0.1, 0.15) is 85.0 Å². The van der Waals surface area contributed by atoms with Gasteiger partial charge < -0.3 is 9.90 Å². The van der Waals surface area contributed by atoms with Crippen LogP contribution in [0.3, 0.4) is 0 Å². The first-order valence-corrected chi connectivity index (χ1v) is 18.2. The van der Waals surface area contributed by atoms with Gasteiger partial charge >= 0.3 is 0 Å². The molecule has 0 N–H and O–H groups in total. The maximum absolute atomic E-state index is 11.6. The van der Waals surface area contributed by atoms with E-state index in [1.807, 2.05) is 35.7 Å². The first-order valence-electron chi connectivity index (χ1n) is 14.0. The van der Waals surface area contributed by atoms with Crippen LogP contribution < -0.4 is 5.11 Å². The number of carboxylic acid groups (broad SMARTS) is 1. The Morgan fingerprint density at radius 1 is 0.694 bits per heavy atom. The van der Waals surface area contributed by atoms with E-state index >= 15 is 0 Å². The highest BCUT2D eigenvalue weighted by molar-refractivity contribution is 8.18. The summed E-state index contributed by atoms with van der Waals surface area (Å²) >= 11 is 3.72. The van der Waals surface area contributed by atoms with Gasteiger partial charge in [0.25, 0.3) is 0 Å². The van der Waals surface area contributed by atoms with E-state index in [0.717, 1.165) is 6.42 Å². The van der Waals surface area contributed by atoms with E-state index in [1.54, 1.807) is 0 Å². The average Bonchev–Trinajstić information content (AvgIpc) is 2.89. The van der Waals surface area contributed by atoms with Crippen LogP contribution in [0.15, 0.2) is 70.5 Å². The SMILES string of the molecule is CCCC[P+](CCCC)(CCCC)CCCC(CCC(=O)[O-])(Sc1ccccc1)Sc1ccccc1. The topological polar surface area (TPSA) is 40.1 Å². The highest BCUT2D eigenvalue weighted by Crippen LogP contribution is 2.62. The van der Waals surface area contributed by atoms with Gasteiger partial charge in [0.05, 0.1) is 28.7 Å². The second-order valence-electron chi connectivity index (χ2n) is 10.0. The maximum atomic E-state index is 11.6. The van der Waals surface area contributed by atoms with Crippen molar-refractivity contribution in [2.75, 3.05) is 24.6 Å². The standard InChI is InChI=1S/C31H47O2PS2/c1-4-7-24-34(25-8-5-2,26-9-6-3)27-16-22-31(23-21-30(32)33,35-28-17-12-10-13-18-28)36-29-19-14-11-15-20-29/h10-15,17-20H,4-9,16,21-27H2,1-3H3. The number of thioether (sulfide) groups is 2.